The molecule has 0 amide bonds. The molecule has 2 aromatic heterocycles. The zero-order chi connectivity index (χ0) is 12.4. The molecule has 3 rings (SSSR count). The zero-order valence-electron chi connectivity index (χ0n) is 9.56. The van der Waals surface area contributed by atoms with E-state index in [9.17, 15) is 0 Å². The molecule has 90 valence electrons. The van der Waals surface area contributed by atoms with Crippen molar-refractivity contribution >= 4 is 28.2 Å². The Balaban J connectivity index is 1.95. The lowest BCUT2D eigenvalue weighted by Gasteiger charge is -2.08. The predicted octanol–water partition coefficient (Wildman–Crippen LogP) is 4.09. The number of pyridine rings is 1. The van der Waals surface area contributed by atoms with Gasteiger partial charge in [0.15, 0.2) is 0 Å². The van der Waals surface area contributed by atoms with Crippen LogP contribution in [0.2, 0.25) is 5.02 Å². The molecule has 0 aliphatic heterocycles. The van der Waals surface area contributed by atoms with Crippen molar-refractivity contribution in [3.05, 3.63) is 59.6 Å². The van der Waals surface area contributed by atoms with Gasteiger partial charge in [0, 0.05) is 16.6 Å². The maximum absolute atomic E-state index is 6.09. The van der Waals surface area contributed by atoms with Gasteiger partial charge in [0.2, 0.25) is 0 Å². The van der Waals surface area contributed by atoms with Gasteiger partial charge in [-0.05, 0) is 30.3 Å². The number of hydrogen-bond donors (Lipinski definition) is 1. The van der Waals surface area contributed by atoms with Crippen molar-refractivity contribution in [1.29, 1.82) is 0 Å². The topological polar surface area (TPSA) is 38.1 Å². The number of fused-ring (bicyclic) bond motifs is 1. The third-order valence-corrected chi connectivity index (χ3v) is 2.92. The van der Waals surface area contributed by atoms with Crippen LogP contribution in [0.3, 0.4) is 0 Å². The van der Waals surface area contributed by atoms with Crippen molar-refractivity contribution in [1.82, 2.24) is 4.98 Å². The Morgan fingerprint density at radius 1 is 1.22 bits per heavy atom. The summed E-state index contributed by atoms with van der Waals surface area (Å²) in [5.41, 5.74) is 1.82. The fourth-order valence-electron chi connectivity index (χ4n) is 1.89. The summed E-state index contributed by atoms with van der Waals surface area (Å²) in [6.07, 6.45) is 3.43. The minimum atomic E-state index is 0.610. The number of anilines is 1. The van der Waals surface area contributed by atoms with Crippen molar-refractivity contribution in [2.75, 3.05) is 5.32 Å². The molecule has 0 saturated heterocycles. The first-order valence-electron chi connectivity index (χ1n) is 5.63. The fraction of sp³-hybridized carbons (Fsp3) is 0.0714. The number of nitrogens with one attached hydrogen (secondary N) is 1. The van der Waals surface area contributed by atoms with Gasteiger partial charge < -0.3 is 9.73 Å². The maximum Gasteiger partial charge on any atom is 0.122 e. The quantitative estimate of drug-likeness (QED) is 0.769. The molecule has 1 N–H and O–H groups in total. The fourth-order valence-corrected chi connectivity index (χ4v) is 2.11. The molecule has 4 heteroatoms. The van der Waals surface area contributed by atoms with Gasteiger partial charge in [-0.25, -0.2) is 0 Å². The van der Waals surface area contributed by atoms with E-state index in [4.69, 9.17) is 16.0 Å². The molecule has 1 aromatic carbocycles. The Morgan fingerprint density at radius 3 is 3.00 bits per heavy atom. The monoisotopic (exact) mass is 258 g/mol. The Hall–Kier alpha value is -2.00. The number of aromatic nitrogens is 1. The van der Waals surface area contributed by atoms with E-state index in [1.54, 1.807) is 12.5 Å². The highest BCUT2D eigenvalue weighted by atomic mass is 35.5. The van der Waals surface area contributed by atoms with E-state index in [2.05, 4.69) is 10.3 Å². The van der Waals surface area contributed by atoms with Crippen LogP contribution in [0, 0.1) is 0 Å². The van der Waals surface area contributed by atoms with Gasteiger partial charge in [0.1, 0.15) is 5.76 Å². The zero-order valence-corrected chi connectivity index (χ0v) is 10.3. The molecule has 0 saturated carbocycles. The van der Waals surface area contributed by atoms with Crippen molar-refractivity contribution in [3.8, 4) is 0 Å². The van der Waals surface area contributed by atoms with Gasteiger partial charge in [-0.2, -0.15) is 0 Å². The van der Waals surface area contributed by atoms with E-state index >= 15 is 0 Å². The summed E-state index contributed by atoms with van der Waals surface area (Å²) in [6, 6.07) is 11.5. The molecule has 0 bridgehead atoms. The summed E-state index contributed by atoms with van der Waals surface area (Å²) in [7, 11) is 0. The van der Waals surface area contributed by atoms with Crippen molar-refractivity contribution in [2.24, 2.45) is 0 Å². The molecule has 0 spiro atoms. The van der Waals surface area contributed by atoms with Gasteiger partial charge in [-0.15, -0.1) is 0 Å². The summed E-state index contributed by atoms with van der Waals surface area (Å²) in [5.74, 6) is 0.874. The lowest BCUT2D eigenvalue weighted by Crippen LogP contribution is -1.99. The van der Waals surface area contributed by atoms with Crippen LogP contribution in [-0.2, 0) is 6.54 Å². The first kappa shape index (κ1) is 11.1. The van der Waals surface area contributed by atoms with Crippen molar-refractivity contribution in [3.63, 3.8) is 0 Å². The van der Waals surface area contributed by atoms with Crippen LogP contribution >= 0.6 is 11.6 Å². The number of benzene rings is 1. The van der Waals surface area contributed by atoms with Gasteiger partial charge >= 0.3 is 0 Å². The molecule has 0 unspecified atom stereocenters. The van der Waals surface area contributed by atoms with E-state index in [0.29, 0.717) is 11.6 Å². The normalized spacial score (nSPS) is 10.7. The molecular weight excluding hydrogens is 248 g/mol. The minimum absolute atomic E-state index is 0.610. The van der Waals surface area contributed by atoms with Crippen LogP contribution < -0.4 is 5.32 Å². The molecule has 3 nitrogen and oxygen atoms in total. The second-order valence-electron chi connectivity index (χ2n) is 3.96. The Bertz CT molecular complexity index is 665. The maximum atomic E-state index is 6.09. The number of nitrogens with zero attached hydrogens (tertiary/aromatic N) is 1. The highest BCUT2D eigenvalue weighted by Crippen LogP contribution is 2.26. The Kier molecular flexibility index (Phi) is 2.90. The van der Waals surface area contributed by atoms with Gasteiger partial charge in [0.05, 0.1) is 24.0 Å². The first-order valence-corrected chi connectivity index (χ1v) is 6.01. The standard InChI is InChI=1S/C14H11ClN2O/c15-11-7-10-3-1-5-16-14(10)13(8-11)17-9-12-4-2-6-18-12/h1-8,17H,9H2. The third kappa shape index (κ3) is 2.17. The summed E-state index contributed by atoms with van der Waals surface area (Å²) in [5, 5.41) is 5.00. The van der Waals surface area contributed by atoms with Crippen LogP contribution in [-0.4, -0.2) is 4.98 Å². The summed E-state index contributed by atoms with van der Waals surface area (Å²) < 4.78 is 5.28. The molecule has 0 aliphatic rings. The average molecular weight is 259 g/mol. The van der Waals surface area contributed by atoms with Gasteiger partial charge in [0.25, 0.3) is 0 Å². The van der Waals surface area contributed by atoms with Gasteiger partial charge in [-0.1, -0.05) is 17.7 Å². The lowest BCUT2D eigenvalue weighted by atomic mass is 10.2. The number of halogens is 1. The molecule has 18 heavy (non-hydrogen) atoms. The number of rotatable bonds is 3. The largest absolute Gasteiger partial charge is 0.467 e. The molecule has 0 atom stereocenters. The highest BCUT2D eigenvalue weighted by molar-refractivity contribution is 6.31. The van der Waals surface area contributed by atoms with E-state index < -0.39 is 0 Å². The third-order valence-electron chi connectivity index (χ3n) is 2.70. The second kappa shape index (κ2) is 4.70. The first-order chi connectivity index (χ1) is 8.83. The molecule has 0 fully saturated rings. The van der Waals surface area contributed by atoms with Crippen LogP contribution in [0.4, 0.5) is 5.69 Å². The summed E-state index contributed by atoms with van der Waals surface area (Å²) in [4.78, 5) is 4.37. The highest BCUT2D eigenvalue weighted by Gasteiger charge is 2.04. The predicted molar refractivity (Wildman–Crippen MR) is 72.8 cm³/mol. The Labute approximate surface area is 109 Å². The molecular formula is C14H11ClN2O. The smallest absolute Gasteiger partial charge is 0.122 e. The summed E-state index contributed by atoms with van der Waals surface area (Å²) in [6.45, 7) is 0.610. The SMILES string of the molecule is Clc1cc(NCc2ccco2)c2ncccc2c1. The van der Waals surface area contributed by atoms with Crippen LogP contribution in [0.15, 0.2) is 53.3 Å². The molecule has 0 radical (unpaired) electrons. The minimum Gasteiger partial charge on any atom is -0.467 e. The number of hydrogen-bond acceptors (Lipinski definition) is 3. The van der Waals surface area contributed by atoms with Crippen LogP contribution in [0.25, 0.3) is 10.9 Å². The lowest BCUT2D eigenvalue weighted by molar-refractivity contribution is 0.518. The summed E-state index contributed by atoms with van der Waals surface area (Å²) >= 11 is 6.09. The van der Waals surface area contributed by atoms with Crippen LogP contribution in [0.1, 0.15) is 5.76 Å². The average Bonchev–Trinajstić information content (AvgIpc) is 2.89. The van der Waals surface area contributed by atoms with E-state index in [1.165, 1.54) is 0 Å². The van der Waals surface area contributed by atoms with E-state index in [0.717, 1.165) is 22.4 Å². The van der Waals surface area contributed by atoms with E-state index in [1.807, 2.05) is 36.4 Å². The van der Waals surface area contributed by atoms with Gasteiger partial charge in [-0.3, -0.25) is 4.98 Å². The molecule has 3 aromatic rings. The van der Waals surface area contributed by atoms with Crippen molar-refractivity contribution < 1.29 is 4.42 Å². The molecule has 2 heterocycles. The Morgan fingerprint density at radius 2 is 2.17 bits per heavy atom. The molecule has 0 aliphatic carbocycles. The number of furan rings is 1. The van der Waals surface area contributed by atoms with Crippen LogP contribution in [0.5, 0.6) is 0 Å². The van der Waals surface area contributed by atoms with E-state index in [-0.39, 0.29) is 0 Å². The van der Waals surface area contributed by atoms with Crippen molar-refractivity contribution in [2.45, 2.75) is 6.54 Å². The second-order valence-corrected chi connectivity index (χ2v) is 4.40.